The van der Waals surface area contributed by atoms with Crippen LogP contribution in [0.1, 0.15) is 11.3 Å². The highest BCUT2D eigenvalue weighted by molar-refractivity contribution is 8.00. The van der Waals surface area contributed by atoms with Gasteiger partial charge in [-0.05, 0) is 12.1 Å². The van der Waals surface area contributed by atoms with Gasteiger partial charge in [0.1, 0.15) is 0 Å². The lowest BCUT2D eigenvalue weighted by Gasteiger charge is -2.01. The Bertz CT molecular complexity index is 644. The van der Waals surface area contributed by atoms with E-state index in [1.807, 2.05) is 30.3 Å². The molecule has 4 nitrogen and oxygen atoms in total. The first-order chi connectivity index (χ1) is 10.3. The molecule has 108 valence electrons. The standard InChI is InChI=1S/C15H14N2O2S2/c18-9-5-4-8-13-10-16-15(21-13)17-14(19)11-20-12-6-2-1-3-7-12/h1-3,6-7,10,18H,5,9,11H2,(H,16,17,19). The van der Waals surface area contributed by atoms with E-state index in [1.54, 1.807) is 6.20 Å². The number of aliphatic hydroxyl groups excluding tert-OH is 1. The number of nitrogens with one attached hydrogen (secondary N) is 1. The van der Waals surface area contributed by atoms with E-state index < -0.39 is 0 Å². The number of carbonyl (C=O) groups is 1. The van der Waals surface area contributed by atoms with Crippen molar-refractivity contribution >= 4 is 34.1 Å². The Balaban J connectivity index is 1.82. The second-order valence-corrected chi connectivity index (χ2v) is 6.03. The fraction of sp³-hybridized carbons (Fsp3) is 0.200. The van der Waals surface area contributed by atoms with Gasteiger partial charge in [0.25, 0.3) is 0 Å². The number of hydrogen-bond acceptors (Lipinski definition) is 5. The number of aromatic nitrogens is 1. The Hall–Kier alpha value is -1.81. The van der Waals surface area contributed by atoms with E-state index in [0.29, 0.717) is 17.3 Å². The normalized spacial score (nSPS) is 9.76. The molecule has 1 amide bonds. The van der Waals surface area contributed by atoms with Crippen LogP contribution in [0.25, 0.3) is 0 Å². The first kappa shape index (κ1) is 15.6. The molecule has 1 aromatic carbocycles. The number of carbonyl (C=O) groups excluding carboxylic acids is 1. The highest BCUT2D eigenvalue weighted by atomic mass is 32.2. The Morgan fingerprint density at radius 3 is 2.95 bits per heavy atom. The Labute approximate surface area is 131 Å². The van der Waals surface area contributed by atoms with Gasteiger partial charge in [-0.25, -0.2) is 4.98 Å². The summed E-state index contributed by atoms with van der Waals surface area (Å²) in [4.78, 5) is 17.8. The lowest BCUT2D eigenvalue weighted by atomic mass is 10.4. The Morgan fingerprint density at radius 2 is 2.19 bits per heavy atom. The van der Waals surface area contributed by atoms with Gasteiger partial charge in [0.15, 0.2) is 5.13 Å². The number of nitrogens with zero attached hydrogens (tertiary/aromatic N) is 1. The Kier molecular flexibility index (Phi) is 6.28. The largest absolute Gasteiger partial charge is 0.395 e. The predicted octanol–water partition coefficient (Wildman–Crippen LogP) is 2.61. The van der Waals surface area contributed by atoms with Gasteiger partial charge in [-0.2, -0.15) is 0 Å². The van der Waals surface area contributed by atoms with Crippen molar-refractivity contribution in [1.82, 2.24) is 4.98 Å². The Morgan fingerprint density at radius 1 is 1.38 bits per heavy atom. The molecule has 0 spiro atoms. The number of rotatable bonds is 5. The summed E-state index contributed by atoms with van der Waals surface area (Å²) in [6.07, 6.45) is 2.06. The molecule has 1 heterocycles. The number of hydrogen-bond donors (Lipinski definition) is 2. The van der Waals surface area contributed by atoms with Gasteiger partial charge >= 0.3 is 0 Å². The molecule has 2 rings (SSSR count). The fourth-order valence-corrected chi connectivity index (χ4v) is 2.84. The molecule has 21 heavy (non-hydrogen) atoms. The second kappa shape index (κ2) is 8.47. The van der Waals surface area contributed by atoms with Crippen LogP contribution in [-0.4, -0.2) is 28.4 Å². The highest BCUT2D eigenvalue weighted by Gasteiger charge is 2.06. The van der Waals surface area contributed by atoms with E-state index in [-0.39, 0.29) is 12.5 Å². The van der Waals surface area contributed by atoms with Crippen LogP contribution in [-0.2, 0) is 4.79 Å². The number of thioether (sulfide) groups is 1. The molecule has 6 heteroatoms. The van der Waals surface area contributed by atoms with Gasteiger partial charge < -0.3 is 10.4 Å². The zero-order chi connectivity index (χ0) is 14.9. The van der Waals surface area contributed by atoms with Gasteiger partial charge in [-0.15, -0.1) is 11.8 Å². The number of thiazole rings is 1. The lowest BCUT2D eigenvalue weighted by molar-refractivity contribution is -0.113. The summed E-state index contributed by atoms with van der Waals surface area (Å²) in [6, 6.07) is 9.77. The SMILES string of the molecule is O=C(CSc1ccccc1)Nc1ncc(C#CCCO)s1. The van der Waals surface area contributed by atoms with Crippen molar-refractivity contribution in [3.8, 4) is 11.8 Å². The zero-order valence-corrected chi connectivity index (χ0v) is 12.8. The molecule has 0 aliphatic rings. The van der Waals surface area contributed by atoms with Crippen molar-refractivity contribution in [2.24, 2.45) is 0 Å². The van der Waals surface area contributed by atoms with E-state index in [4.69, 9.17) is 5.11 Å². The number of aliphatic hydroxyl groups is 1. The summed E-state index contributed by atoms with van der Waals surface area (Å²) in [5, 5.41) is 11.9. The average molecular weight is 318 g/mol. The quantitative estimate of drug-likeness (QED) is 0.657. The fourth-order valence-electron chi connectivity index (χ4n) is 1.42. The topological polar surface area (TPSA) is 62.2 Å². The molecule has 1 aromatic heterocycles. The zero-order valence-electron chi connectivity index (χ0n) is 11.2. The van der Waals surface area contributed by atoms with Crippen LogP contribution in [0.3, 0.4) is 0 Å². The minimum Gasteiger partial charge on any atom is -0.395 e. The molecule has 0 unspecified atom stereocenters. The van der Waals surface area contributed by atoms with E-state index in [0.717, 1.165) is 9.77 Å². The smallest absolute Gasteiger partial charge is 0.236 e. The van der Waals surface area contributed by atoms with Crippen molar-refractivity contribution in [2.45, 2.75) is 11.3 Å². The van der Waals surface area contributed by atoms with Crippen LogP contribution in [0.15, 0.2) is 41.4 Å². The molecule has 0 fully saturated rings. The van der Waals surface area contributed by atoms with Gasteiger partial charge in [0.2, 0.25) is 5.91 Å². The predicted molar refractivity (Wildman–Crippen MR) is 86.5 cm³/mol. The van der Waals surface area contributed by atoms with E-state index in [2.05, 4.69) is 22.1 Å². The van der Waals surface area contributed by atoms with Crippen LogP contribution < -0.4 is 5.32 Å². The van der Waals surface area contributed by atoms with Gasteiger partial charge in [0.05, 0.1) is 23.4 Å². The molecule has 0 atom stereocenters. The second-order valence-electron chi connectivity index (χ2n) is 3.95. The van der Waals surface area contributed by atoms with Crippen LogP contribution >= 0.6 is 23.1 Å². The van der Waals surface area contributed by atoms with E-state index >= 15 is 0 Å². The molecule has 0 aliphatic heterocycles. The minimum absolute atomic E-state index is 0.0477. The van der Waals surface area contributed by atoms with Crippen LogP contribution in [0.4, 0.5) is 5.13 Å². The number of amides is 1. The van der Waals surface area contributed by atoms with E-state index in [1.165, 1.54) is 23.1 Å². The third kappa shape index (κ3) is 5.60. The maximum absolute atomic E-state index is 11.8. The van der Waals surface area contributed by atoms with Gasteiger partial charge in [0, 0.05) is 11.3 Å². The summed E-state index contributed by atoms with van der Waals surface area (Å²) in [6.45, 7) is 0.0477. The van der Waals surface area contributed by atoms with Crippen molar-refractivity contribution in [1.29, 1.82) is 0 Å². The van der Waals surface area contributed by atoms with Crippen molar-refractivity contribution in [2.75, 3.05) is 17.7 Å². The van der Waals surface area contributed by atoms with Crippen molar-refractivity contribution in [3.63, 3.8) is 0 Å². The maximum Gasteiger partial charge on any atom is 0.236 e. The molecular formula is C15H14N2O2S2. The number of benzene rings is 1. The third-order valence-electron chi connectivity index (χ3n) is 2.31. The summed E-state index contributed by atoms with van der Waals surface area (Å²) >= 11 is 2.81. The van der Waals surface area contributed by atoms with Crippen LogP contribution in [0.2, 0.25) is 0 Å². The summed E-state index contributed by atoms with van der Waals surface area (Å²) in [7, 11) is 0. The monoisotopic (exact) mass is 318 g/mol. The lowest BCUT2D eigenvalue weighted by Crippen LogP contribution is -2.13. The first-order valence-corrected chi connectivity index (χ1v) is 8.11. The molecular weight excluding hydrogens is 304 g/mol. The van der Waals surface area contributed by atoms with Gasteiger partial charge in [-0.1, -0.05) is 41.4 Å². The van der Waals surface area contributed by atoms with Gasteiger partial charge in [-0.3, -0.25) is 4.79 Å². The van der Waals surface area contributed by atoms with Crippen LogP contribution in [0.5, 0.6) is 0 Å². The number of anilines is 1. The first-order valence-electron chi connectivity index (χ1n) is 6.31. The van der Waals surface area contributed by atoms with Crippen molar-refractivity contribution in [3.05, 3.63) is 41.4 Å². The molecule has 0 saturated carbocycles. The molecule has 0 saturated heterocycles. The molecule has 0 radical (unpaired) electrons. The van der Waals surface area contributed by atoms with E-state index in [9.17, 15) is 4.79 Å². The van der Waals surface area contributed by atoms with Crippen molar-refractivity contribution < 1.29 is 9.90 Å². The summed E-state index contributed by atoms with van der Waals surface area (Å²) in [5.74, 6) is 5.96. The maximum atomic E-state index is 11.8. The molecule has 0 bridgehead atoms. The molecule has 0 aliphatic carbocycles. The average Bonchev–Trinajstić information content (AvgIpc) is 2.94. The third-order valence-corrected chi connectivity index (χ3v) is 4.15. The van der Waals surface area contributed by atoms with Crippen LogP contribution in [0, 0.1) is 11.8 Å². The highest BCUT2D eigenvalue weighted by Crippen LogP contribution is 2.19. The minimum atomic E-state index is -0.0897. The summed E-state index contributed by atoms with van der Waals surface area (Å²) < 4.78 is 0. The molecule has 2 aromatic rings. The summed E-state index contributed by atoms with van der Waals surface area (Å²) in [5.41, 5.74) is 0. The molecule has 2 N–H and O–H groups in total.